The third-order valence-corrected chi connectivity index (χ3v) is 4.39. The summed E-state index contributed by atoms with van der Waals surface area (Å²) < 4.78 is 13.1. The minimum absolute atomic E-state index is 0.123. The van der Waals surface area contributed by atoms with E-state index < -0.39 is 6.04 Å². The summed E-state index contributed by atoms with van der Waals surface area (Å²) in [6.07, 6.45) is 0.759. The lowest BCUT2D eigenvalue weighted by Gasteiger charge is -2.24. The van der Waals surface area contributed by atoms with E-state index in [1.807, 2.05) is 32.0 Å². The zero-order valence-electron chi connectivity index (χ0n) is 13.7. The molecule has 1 fully saturated rings. The van der Waals surface area contributed by atoms with Crippen LogP contribution in [0.2, 0.25) is 0 Å². The molecule has 1 N–H and O–H groups in total. The molecule has 2 amide bonds. The number of halogens is 1. The molecule has 24 heavy (non-hydrogen) atoms. The normalized spacial score (nSPS) is 17.2. The quantitative estimate of drug-likeness (QED) is 0.937. The number of anilines is 2. The van der Waals surface area contributed by atoms with E-state index in [9.17, 15) is 14.0 Å². The third-order valence-electron chi connectivity index (χ3n) is 4.39. The Hall–Kier alpha value is -2.69. The number of carbonyl (C=O) groups excluding carboxylic acids is 2. The Balaban J connectivity index is 1.81. The fraction of sp³-hybridized carbons (Fsp3) is 0.263. The molecule has 1 atom stereocenters. The molecule has 2 aromatic rings. The Labute approximate surface area is 140 Å². The molecule has 1 saturated heterocycles. The van der Waals surface area contributed by atoms with Crippen LogP contribution in [0.3, 0.4) is 0 Å². The Morgan fingerprint density at radius 3 is 2.50 bits per heavy atom. The van der Waals surface area contributed by atoms with E-state index >= 15 is 0 Å². The zero-order chi connectivity index (χ0) is 17.3. The highest BCUT2D eigenvalue weighted by Gasteiger charge is 2.37. The first kappa shape index (κ1) is 16.2. The molecule has 1 heterocycles. The van der Waals surface area contributed by atoms with Crippen molar-refractivity contribution in [2.75, 3.05) is 10.2 Å². The molecule has 1 unspecified atom stereocenters. The summed E-state index contributed by atoms with van der Waals surface area (Å²) in [6.45, 7) is 3.99. The minimum Gasteiger partial charge on any atom is -0.324 e. The molecule has 0 aromatic heterocycles. The second kappa shape index (κ2) is 6.43. The van der Waals surface area contributed by atoms with E-state index in [1.165, 1.54) is 29.2 Å². The standard InChI is InChI=1S/C19H19FN2O2/c1-12-3-6-15(11-13(12)2)21-19(24)17-9-10-18(23)22(17)16-7-4-14(20)5-8-16/h3-8,11,17H,9-10H2,1-2H3,(H,21,24). The second-order valence-electron chi connectivity index (χ2n) is 6.08. The molecular formula is C19H19FN2O2. The Morgan fingerprint density at radius 1 is 1.12 bits per heavy atom. The van der Waals surface area contributed by atoms with Gasteiger partial charge in [0.25, 0.3) is 0 Å². The van der Waals surface area contributed by atoms with Crippen LogP contribution in [-0.4, -0.2) is 17.9 Å². The molecule has 0 saturated carbocycles. The molecule has 0 aliphatic carbocycles. The lowest BCUT2D eigenvalue weighted by atomic mass is 10.1. The van der Waals surface area contributed by atoms with Crippen molar-refractivity contribution in [1.29, 1.82) is 0 Å². The maximum atomic E-state index is 13.1. The van der Waals surface area contributed by atoms with Crippen LogP contribution in [0.15, 0.2) is 42.5 Å². The van der Waals surface area contributed by atoms with Crippen LogP contribution in [0, 0.1) is 19.7 Å². The summed E-state index contributed by atoms with van der Waals surface area (Å²) in [6, 6.07) is 10.8. The topological polar surface area (TPSA) is 49.4 Å². The molecular weight excluding hydrogens is 307 g/mol. The molecule has 0 radical (unpaired) electrons. The number of aryl methyl sites for hydroxylation is 2. The van der Waals surface area contributed by atoms with Crippen LogP contribution in [0.1, 0.15) is 24.0 Å². The lowest BCUT2D eigenvalue weighted by Crippen LogP contribution is -2.41. The van der Waals surface area contributed by atoms with Crippen molar-refractivity contribution in [2.24, 2.45) is 0 Å². The van der Waals surface area contributed by atoms with E-state index in [-0.39, 0.29) is 17.6 Å². The molecule has 124 valence electrons. The van der Waals surface area contributed by atoms with Gasteiger partial charge in [-0.1, -0.05) is 6.07 Å². The predicted octanol–water partition coefficient (Wildman–Crippen LogP) is 3.58. The van der Waals surface area contributed by atoms with Crippen LogP contribution >= 0.6 is 0 Å². The largest absolute Gasteiger partial charge is 0.324 e. The monoisotopic (exact) mass is 326 g/mol. The summed E-state index contributed by atoms with van der Waals surface area (Å²) >= 11 is 0. The van der Waals surface area contributed by atoms with Crippen molar-refractivity contribution in [2.45, 2.75) is 32.7 Å². The number of rotatable bonds is 3. The average Bonchev–Trinajstić information content (AvgIpc) is 2.93. The van der Waals surface area contributed by atoms with Gasteiger partial charge in [0, 0.05) is 17.8 Å². The fourth-order valence-electron chi connectivity index (χ4n) is 2.90. The van der Waals surface area contributed by atoms with Crippen molar-refractivity contribution in [3.8, 4) is 0 Å². The first-order chi connectivity index (χ1) is 11.5. The van der Waals surface area contributed by atoms with Crippen LogP contribution in [0.4, 0.5) is 15.8 Å². The van der Waals surface area contributed by atoms with Gasteiger partial charge < -0.3 is 5.32 Å². The lowest BCUT2D eigenvalue weighted by molar-refractivity contribution is -0.120. The maximum Gasteiger partial charge on any atom is 0.247 e. The smallest absolute Gasteiger partial charge is 0.247 e. The summed E-state index contributed by atoms with van der Waals surface area (Å²) in [4.78, 5) is 26.3. The van der Waals surface area contributed by atoms with E-state index in [2.05, 4.69) is 5.32 Å². The van der Waals surface area contributed by atoms with Crippen LogP contribution in [0.5, 0.6) is 0 Å². The van der Waals surface area contributed by atoms with Gasteiger partial charge in [-0.15, -0.1) is 0 Å². The molecule has 0 bridgehead atoms. The predicted molar refractivity (Wildman–Crippen MR) is 91.5 cm³/mol. The van der Waals surface area contributed by atoms with Crippen molar-refractivity contribution in [3.63, 3.8) is 0 Å². The number of hydrogen-bond donors (Lipinski definition) is 1. The van der Waals surface area contributed by atoms with Gasteiger partial charge in [0.05, 0.1) is 0 Å². The second-order valence-corrected chi connectivity index (χ2v) is 6.08. The molecule has 1 aliphatic heterocycles. The van der Waals surface area contributed by atoms with E-state index in [0.717, 1.165) is 11.1 Å². The third kappa shape index (κ3) is 3.15. The Kier molecular flexibility index (Phi) is 4.34. The number of nitrogens with one attached hydrogen (secondary N) is 1. The highest BCUT2D eigenvalue weighted by molar-refractivity contribution is 6.07. The molecule has 4 nitrogen and oxygen atoms in total. The van der Waals surface area contributed by atoms with Crippen LogP contribution in [-0.2, 0) is 9.59 Å². The van der Waals surface area contributed by atoms with Gasteiger partial charge in [-0.05, 0) is 67.8 Å². The number of hydrogen-bond acceptors (Lipinski definition) is 2. The van der Waals surface area contributed by atoms with E-state index in [1.54, 1.807) is 0 Å². The number of nitrogens with zero attached hydrogens (tertiary/aromatic N) is 1. The highest BCUT2D eigenvalue weighted by atomic mass is 19.1. The Morgan fingerprint density at radius 2 is 1.83 bits per heavy atom. The summed E-state index contributed by atoms with van der Waals surface area (Å²) in [7, 11) is 0. The fourth-order valence-corrected chi connectivity index (χ4v) is 2.90. The molecule has 1 aliphatic rings. The SMILES string of the molecule is Cc1ccc(NC(=O)C2CCC(=O)N2c2ccc(F)cc2)cc1C. The van der Waals surface area contributed by atoms with Crippen LogP contribution in [0.25, 0.3) is 0 Å². The molecule has 0 spiro atoms. The van der Waals surface area contributed by atoms with Crippen molar-refractivity contribution in [1.82, 2.24) is 0 Å². The van der Waals surface area contributed by atoms with Crippen molar-refractivity contribution in [3.05, 3.63) is 59.4 Å². The van der Waals surface area contributed by atoms with Gasteiger partial charge in [-0.3, -0.25) is 14.5 Å². The summed E-state index contributed by atoms with van der Waals surface area (Å²) in [5, 5.41) is 2.88. The summed E-state index contributed by atoms with van der Waals surface area (Å²) in [5.41, 5.74) is 3.49. The number of carbonyl (C=O) groups is 2. The van der Waals surface area contributed by atoms with Crippen molar-refractivity contribution < 1.29 is 14.0 Å². The van der Waals surface area contributed by atoms with Gasteiger partial charge in [-0.25, -0.2) is 4.39 Å². The van der Waals surface area contributed by atoms with Gasteiger partial charge >= 0.3 is 0 Å². The van der Waals surface area contributed by atoms with Gasteiger partial charge in [0.1, 0.15) is 11.9 Å². The van der Waals surface area contributed by atoms with Gasteiger partial charge in [0.2, 0.25) is 11.8 Å². The zero-order valence-corrected chi connectivity index (χ0v) is 13.7. The van der Waals surface area contributed by atoms with Crippen molar-refractivity contribution >= 4 is 23.2 Å². The molecule has 3 rings (SSSR count). The van der Waals surface area contributed by atoms with E-state index in [0.29, 0.717) is 24.2 Å². The van der Waals surface area contributed by atoms with Gasteiger partial charge in [-0.2, -0.15) is 0 Å². The van der Waals surface area contributed by atoms with Gasteiger partial charge in [0.15, 0.2) is 0 Å². The Bertz CT molecular complexity index is 786. The van der Waals surface area contributed by atoms with Crippen LogP contribution < -0.4 is 10.2 Å². The number of amides is 2. The highest BCUT2D eigenvalue weighted by Crippen LogP contribution is 2.28. The molecule has 5 heteroatoms. The average molecular weight is 326 g/mol. The first-order valence-electron chi connectivity index (χ1n) is 7.91. The maximum absolute atomic E-state index is 13.1. The number of benzene rings is 2. The van der Waals surface area contributed by atoms with E-state index in [4.69, 9.17) is 0 Å². The minimum atomic E-state index is -0.579. The molecule has 2 aromatic carbocycles. The first-order valence-corrected chi connectivity index (χ1v) is 7.91. The summed E-state index contributed by atoms with van der Waals surface area (Å²) in [5.74, 6) is -0.725.